The first-order valence-corrected chi connectivity index (χ1v) is 8.65. The number of hydrogen-bond acceptors (Lipinski definition) is 3. The number of hydrogen-bond donors (Lipinski definition) is 1. The number of carbonyl (C=O) groups excluding carboxylic acids is 1. The van der Waals surface area contributed by atoms with Gasteiger partial charge < -0.3 is 4.90 Å². The molecule has 2 rings (SSSR count). The normalized spacial score (nSPS) is 13.0. The van der Waals surface area contributed by atoms with Crippen LogP contribution in [0.1, 0.15) is 18.5 Å². The van der Waals surface area contributed by atoms with Crippen LogP contribution in [0.4, 0.5) is 0 Å². The van der Waals surface area contributed by atoms with Gasteiger partial charge in [0.1, 0.15) is 5.75 Å². The molecule has 0 bridgehead atoms. The third kappa shape index (κ3) is 3.64. The molecule has 0 saturated carbocycles. The van der Waals surface area contributed by atoms with Crippen molar-refractivity contribution in [1.29, 1.82) is 0 Å². The van der Waals surface area contributed by atoms with Crippen LogP contribution in [-0.4, -0.2) is 39.1 Å². The zero-order chi connectivity index (χ0) is 16.3. The molecule has 1 atom stereocenters. The molecule has 1 amide bonds. The van der Waals surface area contributed by atoms with Gasteiger partial charge in [-0.2, -0.15) is 0 Å². The van der Waals surface area contributed by atoms with Crippen molar-refractivity contribution in [2.24, 2.45) is 0 Å². The molecule has 6 heteroatoms. The van der Waals surface area contributed by atoms with Crippen molar-refractivity contribution in [1.82, 2.24) is 9.62 Å². The predicted octanol–water partition coefficient (Wildman–Crippen LogP) is 1.91. The quantitative estimate of drug-likeness (QED) is 0.915. The molecule has 5 nitrogen and oxygen atoms in total. The Hall–Kier alpha value is -1.92. The topological polar surface area (TPSA) is 66.5 Å². The van der Waals surface area contributed by atoms with Crippen LogP contribution in [0, 0.1) is 0 Å². The van der Waals surface area contributed by atoms with E-state index in [0.29, 0.717) is 0 Å². The summed E-state index contributed by atoms with van der Waals surface area (Å²) in [6.45, 7) is 1.88. The van der Waals surface area contributed by atoms with E-state index in [1.54, 1.807) is 7.05 Å². The summed E-state index contributed by atoms with van der Waals surface area (Å²) in [5, 5.41) is 2.22. The summed E-state index contributed by atoms with van der Waals surface area (Å²) in [6, 6.07) is 13.8. The Morgan fingerprint density at radius 3 is 2.45 bits per heavy atom. The van der Waals surface area contributed by atoms with Gasteiger partial charge >= 0.3 is 0 Å². The van der Waals surface area contributed by atoms with Crippen LogP contribution in [0.2, 0.25) is 0 Å². The lowest BCUT2D eigenvalue weighted by atomic mass is 10.0. The molecule has 0 aliphatic heterocycles. The number of carbonyl (C=O) groups is 1. The summed E-state index contributed by atoms with van der Waals surface area (Å²) in [5.74, 6) is -0.979. The highest BCUT2D eigenvalue weighted by Crippen LogP contribution is 2.23. The van der Waals surface area contributed by atoms with Crippen LogP contribution in [-0.2, 0) is 14.8 Å². The van der Waals surface area contributed by atoms with Crippen LogP contribution >= 0.6 is 0 Å². The second-order valence-corrected chi connectivity index (χ2v) is 7.18. The maximum absolute atomic E-state index is 12.1. The minimum Gasteiger partial charge on any atom is -0.338 e. The van der Waals surface area contributed by atoms with E-state index in [4.69, 9.17) is 0 Å². The molecule has 2 aromatic rings. The molecular formula is C16H20N2O3S. The minimum atomic E-state index is -3.56. The molecule has 0 spiro atoms. The van der Waals surface area contributed by atoms with E-state index in [2.05, 4.69) is 4.72 Å². The fraction of sp³-hybridized carbons (Fsp3) is 0.312. The third-order valence-corrected chi connectivity index (χ3v) is 5.10. The van der Waals surface area contributed by atoms with Gasteiger partial charge in [0.2, 0.25) is 15.9 Å². The number of nitrogens with zero attached hydrogens (tertiary/aromatic N) is 1. The molecule has 0 aliphatic rings. The first-order chi connectivity index (χ1) is 10.3. The Balaban J connectivity index is 2.21. The van der Waals surface area contributed by atoms with E-state index in [0.717, 1.165) is 16.3 Å². The third-order valence-electron chi connectivity index (χ3n) is 3.85. The Kier molecular flexibility index (Phi) is 4.83. The van der Waals surface area contributed by atoms with E-state index < -0.39 is 21.7 Å². The van der Waals surface area contributed by atoms with Gasteiger partial charge in [0.15, 0.2) is 0 Å². The van der Waals surface area contributed by atoms with Gasteiger partial charge in [-0.25, -0.2) is 13.1 Å². The number of nitrogens with one attached hydrogen (secondary N) is 1. The summed E-state index contributed by atoms with van der Waals surface area (Å²) in [5.41, 5.74) is 0.969. The van der Waals surface area contributed by atoms with Gasteiger partial charge in [0, 0.05) is 7.05 Å². The van der Waals surface area contributed by atoms with Crippen molar-refractivity contribution >= 4 is 26.7 Å². The summed E-state index contributed by atoms with van der Waals surface area (Å²) >= 11 is 0. The zero-order valence-corrected chi connectivity index (χ0v) is 13.7. The standard InChI is InChI=1S/C16H20N2O3S/c1-12(18(3)16(19)11-22(20,21)17-2)14-9-8-13-6-4-5-7-15(13)10-14/h4-10,12,17H,11H2,1-3H3. The molecule has 118 valence electrons. The van der Waals surface area contributed by atoms with Gasteiger partial charge in [-0.05, 0) is 36.4 Å². The lowest BCUT2D eigenvalue weighted by molar-refractivity contribution is -0.129. The second-order valence-electron chi connectivity index (χ2n) is 5.25. The number of rotatable bonds is 5. The first kappa shape index (κ1) is 16.5. The first-order valence-electron chi connectivity index (χ1n) is 6.99. The molecular weight excluding hydrogens is 300 g/mol. The van der Waals surface area contributed by atoms with Crippen molar-refractivity contribution < 1.29 is 13.2 Å². The molecule has 22 heavy (non-hydrogen) atoms. The molecule has 0 heterocycles. The summed E-state index contributed by atoms with van der Waals surface area (Å²) < 4.78 is 25.1. The second kappa shape index (κ2) is 6.46. The van der Waals surface area contributed by atoms with E-state index >= 15 is 0 Å². The summed E-state index contributed by atoms with van der Waals surface area (Å²) in [6.07, 6.45) is 0. The van der Waals surface area contributed by atoms with Crippen molar-refractivity contribution in [2.75, 3.05) is 19.8 Å². The Labute approximate surface area is 131 Å². The van der Waals surface area contributed by atoms with Crippen LogP contribution in [0.3, 0.4) is 0 Å². The molecule has 0 saturated heterocycles. The zero-order valence-electron chi connectivity index (χ0n) is 12.9. The molecule has 0 radical (unpaired) electrons. The molecule has 0 aliphatic carbocycles. The Morgan fingerprint density at radius 2 is 1.82 bits per heavy atom. The highest BCUT2D eigenvalue weighted by Gasteiger charge is 2.22. The average Bonchev–Trinajstić information content (AvgIpc) is 2.52. The van der Waals surface area contributed by atoms with Crippen LogP contribution < -0.4 is 4.72 Å². The van der Waals surface area contributed by atoms with Crippen LogP contribution in [0.15, 0.2) is 42.5 Å². The van der Waals surface area contributed by atoms with E-state index in [9.17, 15) is 13.2 Å². The Morgan fingerprint density at radius 1 is 1.18 bits per heavy atom. The number of sulfonamides is 1. The van der Waals surface area contributed by atoms with Gasteiger partial charge in [-0.3, -0.25) is 4.79 Å². The fourth-order valence-corrected chi connectivity index (χ4v) is 2.92. The van der Waals surface area contributed by atoms with E-state index in [1.807, 2.05) is 49.4 Å². The lowest BCUT2D eigenvalue weighted by Crippen LogP contribution is -2.37. The minimum absolute atomic E-state index is 0.204. The van der Waals surface area contributed by atoms with Crippen molar-refractivity contribution in [3.05, 3.63) is 48.0 Å². The molecule has 2 aromatic carbocycles. The van der Waals surface area contributed by atoms with Crippen LogP contribution in [0.25, 0.3) is 10.8 Å². The van der Waals surface area contributed by atoms with Gasteiger partial charge in [0.05, 0.1) is 6.04 Å². The highest BCUT2D eigenvalue weighted by molar-refractivity contribution is 7.90. The largest absolute Gasteiger partial charge is 0.338 e. The van der Waals surface area contributed by atoms with Crippen LogP contribution in [0.5, 0.6) is 0 Å². The van der Waals surface area contributed by atoms with E-state index in [-0.39, 0.29) is 6.04 Å². The fourth-order valence-electron chi connectivity index (χ4n) is 2.24. The maximum atomic E-state index is 12.1. The van der Waals surface area contributed by atoms with Crippen molar-refractivity contribution in [3.8, 4) is 0 Å². The number of amides is 1. The maximum Gasteiger partial charge on any atom is 0.239 e. The van der Waals surface area contributed by atoms with Crippen molar-refractivity contribution in [2.45, 2.75) is 13.0 Å². The molecule has 1 N–H and O–H groups in total. The Bertz CT molecular complexity index is 787. The number of benzene rings is 2. The SMILES string of the molecule is CNS(=O)(=O)CC(=O)N(C)C(C)c1ccc2ccccc2c1. The highest BCUT2D eigenvalue weighted by atomic mass is 32.2. The number of fused-ring (bicyclic) bond motifs is 1. The van der Waals surface area contributed by atoms with Gasteiger partial charge in [-0.15, -0.1) is 0 Å². The summed E-state index contributed by atoms with van der Waals surface area (Å²) in [7, 11) is -0.636. The van der Waals surface area contributed by atoms with Gasteiger partial charge in [0.25, 0.3) is 0 Å². The monoisotopic (exact) mass is 320 g/mol. The van der Waals surface area contributed by atoms with Gasteiger partial charge in [-0.1, -0.05) is 36.4 Å². The summed E-state index contributed by atoms with van der Waals surface area (Å²) in [4.78, 5) is 13.6. The molecule has 0 fully saturated rings. The molecule has 0 aromatic heterocycles. The van der Waals surface area contributed by atoms with E-state index in [1.165, 1.54) is 11.9 Å². The predicted molar refractivity (Wildman–Crippen MR) is 88.0 cm³/mol. The lowest BCUT2D eigenvalue weighted by Gasteiger charge is -2.25. The smallest absolute Gasteiger partial charge is 0.239 e. The average molecular weight is 320 g/mol. The molecule has 1 unspecified atom stereocenters. The van der Waals surface area contributed by atoms with Crippen molar-refractivity contribution in [3.63, 3.8) is 0 Å².